The van der Waals surface area contributed by atoms with Gasteiger partial charge in [-0.3, -0.25) is 0 Å². The maximum Gasteiger partial charge on any atom is 0.0461 e. The summed E-state index contributed by atoms with van der Waals surface area (Å²) in [5.74, 6) is 1.15. The molecule has 0 heterocycles. The van der Waals surface area contributed by atoms with E-state index in [2.05, 4.69) is 227 Å². The third-order valence-electron chi connectivity index (χ3n) is 11.1. The highest BCUT2D eigenvalue weighted by Crippen LogP contribution is 2.43. The molecule has 0 aliphatic heterocycles. The fourth-order valence-corrected chi connectivity index (χ4v) is 7.88. The number of hydrogen-bond acceptors (Lipinski definition) is 2. The van der Waals surface area contributed by atoms with E-state index in [1.54, 1.807) is 0 Å². The molecule has 0 radical (unpaired) electrons. The highest BCUT2D eigenvalue weighted by molar-refractivity contribution is 5.78. The molecule has 0 aliphatic rings. The second kappa shape index (κ2) is 17.1. The third kappa shape index (κ3) is 8.93. The number of nitrogens with zero attached hydrogens (tertiary/aromatic N) is 2. The van der Waals surface area contributed by atoms with Crippen LogP contribution in [0.4, 0.5) is 34.1 Å². The summed E-state index contributed by atoms with van der Waals surface area (Å²) in [6.07, 6.45) is 2.16. The molecule has 7 rings (SSSR count). The van der Waals surface area contributed by atoms with Gasteiger partial charge >= 0.3 is 0 Å². The smallest absolute Gasteiger partial charge is 0.0461 e. The van der Waals surface area contributed by atoms with Gasteiger partial charge in [0, 0.05) is 40.0 Å². The lowest BCUT2D eigenvalue weighted by Crippen LogP contribution is -2.21. The van der Waals surface area contributed by atoms with Crippen molar-refractivity contribution in [1.82, 2.24) is 0 Å². The van der Waals surface area contributed by atoms with E-state index in [0.29, 0.717) is 11.8 Å². The van der Waals surface area contributed by atoms with E-state index in [1.807, 2.05) is 0 Å². The van der Waals surface area contributed by atoms with Crippen LogP contribution in [0.2, 0.25) is 0 Å². The molecule has 0 aromatic heterocycles. The van der Waals surface area contributed by atoms with Gasteiger partial charge in [0.15, 0.2) is 0 Å². The molecule has 1 atom stereocenters. The summed E-state index contributed by atoms with van der Waals surface area (Å²) in [5, 5.41) is 0. The quantitative estimate of drug-likeness (QED) is 0.117. The minimum Gasteiger partial charge on any atom is -0.311 e. The van der Waals surface area contributed by atoms with Crippen LogP contribution < -0.4 is 9.80 Å². The molecule has 2 nitrogen and oxygen atoms in total. The van der Waals surface area contributed by atoms with Gasteiger partial charge < -0.3 is 9.80 Å². The first-order valence-corrected chi connectivity index (χ1v) is 19.8. The second-order valence-corrected chi connectivity index (χ2v) is 15.6. The summed E-state index contributed by atoms with van der Waals surface area (Å²) in [6, 6.07) is 65.2. The van der Waals surface area contributed by atoms with Crippen molar-refractivity contribution in [3.63, 3.8) is 0 Å². The molecule has 0 spiro atoms. The lowest BCUT2D eigenvalue weighted by molar-refractivity contribution is 0.323. The summed E-state index contributed by atoms with van der Waals surface area (Å²) in [5.41, 5.74) is 16.1. The van der Waals surface area contributed by atoms with Crippen LogP contribution in [0, 0.1) is 39.5 Å². The summed E-state index contributed by atoms with van der Waals surface area (Å²) in [6.45, 7) is 13.4. The van der Waals surface area contributed by atoms with Gasteiger partial charge in [-0.25, -0.2) is 0 Å². The Morgan fingerprint density at radius 3 is 0.945 bits per heavy atom. The highest BCUT2D eigenvalue weighted by atomic mass is 15.1. The average Bonchev–Trinajstić information content (AvgIpc) is 3.20. The van der Waals surface area contributed by atoms with Crippen LogP contribution in [0.15, 0.2) is 176 Å². The largest absolute Gasteiger partial charge is 0.311 e. The van der Waals surface area contributed by atoms with Crippen molar-refractivity contribution in [1.29, 1.82) is 0 Å². The van der Waals surface area contributed by atoms with E-state index < -0.39 is 0 Å². The number of benzene rings is 7. The van der Waals surface area contributed by atoms with Crippen LogP contribution in [0.25, 0.3) is 0 Å². The normalized spacial score (nSPS) is 11.9. The lowest BCUT2D eigenvalue weighted by Gasteiger charge is -2.33. The Labute approximate surface area is 329 Å². The lowest BCUT2D eigenvalue weighted by atomic mass is 9.73. The first-order valence-electron chi connectivity index (χ1n) is 19.8. The molecule has 7 aromatic carbocycles. The van der Waals surface area contributed by atoms with E-state index in [9.17, 15) is 0 Å². The predicted molar refractivity (Wildman–Crippen MR) is 236 cm³/mol. The fraction of sp³-hybridized carbons (Fsp3) is 0.208. The number of anilines is 6. The van der Waals surface area contributed by atoms with Crippen LogP contribution in [-0.2, 0) is 6.42 Å². The van der Waals surface area contributed by atoms with Crippen molar-refractivity contribution in [2.24, 2.45) is 11.8 Å². The first kappa shape index (κ1) is 37.5. The van der Waals surface area contributed by atoms with Gasteiger partial charge in [0.05, 0.1) is 0 Å². The second-order valence-electron chi connectivity index (χ2n) is 15.6. The van der Waals surface area contributed by atoms with Gasteiger partial charge in [-0.2, -0.15) is 0 Å². The molecule has 276 valence electrons. The van der Waals surface area contributed by atoms with Gasteiger partial charge in [0.25, 0.3) is 0 Å². The predicted octanol–water partition coefficient (Wildman–Crippen LogP) is 14.9. The molecular formula is C53H54N2. The van der Waals surface area contributed by atoms with E-state index in [0.717, 1.165) is 47.0 Å². The maximum absolute atomic E-state index is 2.40. The van der Waals surface area contributed by atoms with Crippen LogP contribution >= 0.6 is 0 Å². The molecule has 0 amide bonds. The highest BCUT2D eigenvalue weighted by Gasteiger charge is 2.28. The zero-order chi connectivity index (χ0) is 38.3. The Morgan fingerprint density at radius 2 is 0.655 bits per heavy atom. The molecular weight excluding hydrogens is 665 g/mol. The summed E-state index contributed by atoms with van der Waals surface area (Å²) >= 11 is 0. The van der Waals surface area contributed by atoms with Crippen LogP contribution in [-0.4, -0.2) is 0 Å². The number of hydrogen-bond donors (Lipinski definition) is 0. The van der Waals surface area contributed by atoms with Gasteiger partial charge in [-0.05, 0) is 142 Å². The summed E-state index contributed by atoms with van der Waals surface area (Å²) in [7, 11) is 0. The van der Waals surface area contributed by atoms with Crippen LogP contribution in [0.1, 0.15) is 65.1 Å². The Kier molecular flexibility index (Phi) is 11.6. The molecule has 0 N–H and O–H groups in total. The molecule has 1 unspecified atom stereocenters. The minimum atomic E-state index is 0.228. The van der Waals surface area contributed by atoms with Crippen molar-refractivity contribution in [2.75, 3.05) is 9.80 Å². The first-order chi connectivity index (χ1) is 26.7. The Balaban J connectivity index is 1.29. The standard InChI is InChI=1S/C53H54N2/c1-38(2)52(37-20-43-10-8-7-9-11-43)53(44-21-33-50(34-22-44)54(46-25-12-39(3)13-26-46)47-27-14-40(4)15-28-47)45-23-35-51(36-24-45)55(48-29-16-41(5)17-30-48)49-31-18-42(6)19-32-49/h7-19,21-36,38,52-53H,20,37H2,1-6H3. The summed E-state index contributed by atoms with van der Waals surface area (Å²) in [4.78, 5) is 4.74. The van der Waals surface area contributed by atoms with E-state index in [-0.39, 0.29) is 5.92 Å². The van der Waals surface area contributed by atoms with E-state index >= 15 is 0 Å². The minimum absolute atomic E-state index is 0.228. The Bertz CT molecular complexity index is 2000. The van der Waals surface area contributed by atoms with Crippen molar-refractivity contribution < 1.29 is 0 Å². The monoisotopic (exact) mass is 718 g/mol. The molecule has 0 bridgehead atoms. The van der Waals surface area contributed by atoms with Crippen molar-refractivity contribution in [2.45, 2.75) is 60.3 Å². The van der Waals surface area contributed by atoms with Gasteiger partial charge in [-0.1, -0.05) is 139 Å². The number of aryl methyl sites for hydroxylation is 5. The van der Waals surface area contributed by atoms with Crippen molar-refractivity contribution >= 4 is 34.1 Å². The number of rotatable bonds is 13. The zero-order valence-corrected chi connectivity index (χ0v) is 33.3. The van der Waals surface area contributed by atoms with Crippen LogP contribution in [0.5, 0.6) is 0 Å². The molecule has 0 fully saturated rings. The van der Waals surface area contributed by atoms with Crippen molar-refractivity contribution in [3.8, 4) is 0 Å². The molecule has 0 aliphatic carbocycles. The van der Waals surface area contributed by atoms with Gasteiger partial charge in [0.2, 0.25) is 0 Å². The van der Waals surface area contributed by atoms with Crippen LogP contribution in [0.3, 0.4) is 0 Å². The van der Waals surface area contributed by atoms with E-state index in [4.69, 9.17) is 0 Å². The van der Waals surface area contributed by atoms with Crippen molar-refractivity contribution in [3.05, 3.63) is 215 Å². The maximum atomic E-state index is 2.40. The molecule has 0 saturated carbocycles. The Hall–Kier alpha value is -5.86. The SMILES string of the molecule is Cc1ccc(N(c2ccc(C)cc2)c2ccc(C(c3ccc(N(c4ccc(C)cc4)c4ccc(C)cc4)cc3)C(CCc3ccccc3)C(C)C)cc2)cc1. The Morgan fingerprint density at radius 1 is 0.364 bits per heavy atom. The van der Waals surface area contributed by atoms with Gasteiger partial charge in [-0.15, -0.1) is 0 Å². The molecule has 0 saturated heterocycles. The summed E-state index contributed by atoms with van der Waals surface area (Å²) < 4.78 is 0. The topological polar surface area (TPSA) is 6.48 Å². The molecule has 2 heteroatoms. The average molecular weight is 719 g/mol. The fourth-order valence-electron chi connectivity index (χ4n) is 7.88. The van der Waals surface area contributed by atoms with Gasteiger partial charge in [0.1, 0.15) is 0 Å². The van der Waals surface area contributed by atoms with E-state index in [1.165, 1.54) is 38.9 Å². The third-order valence-corrected chi connectivity index (χ3v) is 11.1. The zero-order valence-electron chi connectivity index (χ0n) is 33.3. The molecule has 55 heavy (non-hydrogen) atoms. The molecule has 7 aromatic rings.